The minimum Gasteiger partial charge on any atom is -0.393 e. The summed E-state index contributed by atoms with van der Waals surface area (Å²) in [6.07, 6.45) is 2.41. The Labute approximate surface area is 108 Å². The van der Waals surface area contributed by atoms with Crippen LogP contribution in [-0.2, 0) is 28.7 Å². The van der Waals surface area contributed by atoms with Crippen molar-refractivity contribution in [3.63, 3.8) is 0 Å². The first-order chi connectivity index (χ1) is 8.92. The molecule has 0 amide bonds. The minimum atomic E-state index is -1.14. The smallest absolute Gasteiger partial charge is 0.331 e. The molecule has 1 spiro atoms. The predicted molar refractivity (Wildman–Crippen MR) is 59.2 cm³/mol. The molecule has 6 nitrogen and oxygen atoms in total. The Kier molecular flexibility index (Phi) is 2.39. The molecule has 3 rings (SSSR count). The monoisotopic (exact) mass is 264 g/mol. The fourth-order valence-corrected chi connectivity index (χ4v) is 3.14. The number of esters is 4. The highest BCUT2D eigenvalue weighted by atomic mass is 16.6. The third-order valence-corrected chi connectivity index (χ3v) is 4.05. The Morgan fingerprint density at radius 1 is 1.16 bits per heavy atom. The number of cyclic esters (lactones) is 4. The summed E-state index contributed by atoms with van der Waals surface area (Å²) in [6.45, 7) is 1.80. The molecule has 0 radical (unpaired) electrons. The van der Waals surface area contributed by atoms with E-state index in [4.69, 9.17) is 0 Å². The van der Waals surface area contributed by atoms with E-state index in [1.165, 1.54) is 0 Å². The molecule has 2 fully saturated rings. The standard InChI is InChI=1S/C13H12O6/c1-6-2-7(8-3-9(14)18-10(8)15)5-13(4-6)11(16)19-12(13)17/h2,7-8H,3-5H2,1H3. The van der Waals surface area contributed by atoms with E-state index in [0.29, 0.717) is 6.42 Å². The Morgan fingerprint density at radius 3 is 2.37 bits per heavy atom. The van der Waals surface area contributed by atoms with Gasteiger partial charge in [-0.05, 0) is 25.7 Å². The molecule has 2 atom stereocenters. The van der Waals surface area contributed by atoms with Gasteiger partial charge in [-0.25, -0.2) is 0 Å². The van der Waals surface area contributed by atoms with Crippen LogP contribution in [0.1, 0.15) is 26.2 Å². The molecular weight excluding hydrogens is 252 g/mol. The third kappa shape index (κ3) is 1.63. The van der Waals surface area contributed by atoms with Gasteiger partial charge in [0, 0.05) is 0 Å². The van der Waals surface area contributed by atoms with E-state index in [2.05, 4.69) is 9.47 Å². The van der Waals surface area contributed by atoms with Crippen molar-refractivity contribution >= 4 is 23.9 Å². The topological polar surface area (TPSA) is 86.7 Å². The van der Waals surface area contributed by atoms with Gasteiger partial charge >= 0.3 is 23.9 Å². The molecule has 100 valence electrons. The Morgan fingerprint density at radius 2 is 1.84 bits per heavy atom. The van der Waals surface area contributed by atoms with Gasteiger partial charge in [0.05, 0.1) is 12.3 Å². The molecule has 0 aromatic carbocycles. The van der Waals surface area contributed by atoms with Crippen molar-refractivity contribution in [2.24, 2.45) is 17.3 Å². The van der Waals surface area contributed by atoms with Gasteiger partial charge in [0.1, 0.15) is 0 Å². The average Bonchev–Trinajstić information content (AvgIpc) is 2.68. The fourth-order valence-electron chi connectivity index (χ4n) is 3.14. The summed E-state index contributed by atoms with van der Waals surface area (Å²) in [5, 5.41) is 0. The van der Waals surface area contributed by atoms with Gasteiger partial charge in [0.25, 0.3) is 0 Å². The number of allylic oxidation sites excluding steroid dienone is 2. The van der Waals surface area contributed by atoms with Crippen molar-refractivity contribution in [1.29, 1.82) is 0 Å². The van der Waals surface area contributed by atoms with E-state index < -0.39 is 35.2 Å². The van der Waals surface area contributed by atoms with E-state index in [1.807, 2.05) is 6.08 Å². The van der Waals surface area contributed by atoms with Crippen LogP contribution in [0.25, 0.3) is 0 Å². The zero-order valence-electron chi connectivity index (χ0n) is 10.3. The molecule has 19 heavy (non-hydrogen) atoms. The quantitative estimate of drug-likeness (QED) is 0.389. The molecule has 2 aliphatic heterocycles. The molecule has 0 aromatic rings. The van der Waals surface area contributed by atoms with E-state index in [9.17, 15) is 19.2 Å². The Bertz CT molecular complexity index is 529. The lowest BCUT2D eigenvalue weighted by molar-refractivity contribution is -0.199. The zero-order chi connectivity index (χ0) is 13.8. The van der Waals surface area contributed by atoms with Crippen LogP contribution in [-0.4, -0.2) is 23.9 Å². The summed E-state index contributed by atoms with van der Waals surface area (Å²) in [5.74, 6) is -3.12. The lowest BCUT2D eigenvalue weighted by Gasteiger charge is -2.41. The number of rotatable bonds is 1. The molecule has 1 aliphatic carbocycles. The predicted octanol–water partition coefficient (Wildman–Crippen LogP) is 0.502. The van der Waals surface area contributed by atoms with Gasteiger partial charge in [-0.3, -0.25) is 19.2 Å². The number of hydrogen-bond acceptors (Lipinski definition) is 6. The van der Waals surface area contributed by atoms with Crippen molar-refractivity contribution in [2.45, 2.75) is 26.2 Å². The maximum atomic E-state index is 11.6. The van der Waals surface area contributed by atoms with Crippen molar-refractivity contribution in [1.82, 2.24) is 0 Å². The Balaban J connectivity index is 1.89. The van der Waals surface area contributed by atoms with Gasteiger partial charge in [0.2, 0.25) is 0 Å². The van der Waals surface area contributed by atoms with Crippen molar-refractivity contribution in [2.75, 3.05) is 0 Å². The summed E-state index contributed by atoms with van der Waals surface area (Å²) >= 11 is 0. The molecule has 0 N–H and O–H groups in total. The second kappa shape index (κ2) is 3.76. The lowest BCUT2D eigenvalue weighted by atomic mass is 9.65. The highest BCUT2D eigenvalue weighted by Gasteiger charge is 2.61. The second-order valence-corrected chi connectivity index (χ2v) is 5.42. The molecule has 6 heteroatoms. The van der Waals surface area contributed by atoms with E-state index in [1.54, 1.807) is 6.92 Å². The number of carbonyl (C=O) groups is 4. The van der Waals surface area contributed by atoms with E-state index in [0.717, 1.165) is 5.57 Å². The lowest BCUT2D eigenvalue weighted by Crippen LogP contribution is -2.55. The first-order valence-corrected chi connectivity index (χ1v) is 6.11. The van der Waals surface area contributed by atoms with Crippen LogP contribution in [0, 0.1) is 17.3 Å². The molecular formula is C13H12O6. The molecule has 3 aliphatic rings. The van der Waals surface area contributed by atoms with Crippen LogP contribution in [0.3, 0.4) is 0 Å². The average molecular weight is 264 g/mol. The van der Waals surface area contributed by atoms with Gasteiger partial charge in [-0.2, -0.15) is 0 Å². The van der Waals surface area contributed by atoms with Crippen molar-refractivity contribution in [3.8, 4) is 0 Å². The van der Waals surface area contributed by atoms with Crippen LogP contribution in [0.4, 0.5) is 0 Å². The number of hydrogen-bond donors (Lipinski definition) is 0. The van der Waals surface area contributed by atoms with Crippen molar-refractivity contribution in [3.05, 3.63) is 11.6 Å². The maximum absolute atomic E-state index is 11.6. The van der Waals surface area contributed by atoms with E-state index >= 15 is 0 Å². The summed E-state index contributed by atoms with van der Waals surface area (Å²) in [6, 6.07) is 0. The van der Waals surface area contributed by atoms with Gasteiger partial charge in [-0.1, -0.05) is 11.6 Å². The number of carbonyl (C=O) groups excluding carboxylic acids is 4. The largest absolute Gasteiger partial charge is 0.393 e. The molecule has 2 heterocycles. The van der Waals surface area contributed by atoms with Gasteiger partial charge < -0.3 is 9.47 Å². The van der Waals surface area contributed by atoms with Crippen LogP contribution < -0.4 is 0 Å². The fraction of sp³-hybridized carbons (Fsp3) is 0.538. The molecule has 2 unspecified atom stereocenters. The van der Waals surface area contributed by atoms with Gasteiger partial charge in [0.15, 0.2) is 5.41 Å². The van der Waals surface area contributed by atoms with Crippen LogP contribution >= 0.6 is 0 Å². The highest BCUT2D eigenvalue weighted by Crippen LogP contribution is 2.49. The maximum Gasteiger partial charge on any atom is 0.331 e. The molecule has 2 saturated heterocycles. The van der Waals surface area contributed by atoms with Crippen molar-refractivity contribution < 1.29 is 28.7 Å². The summed E-state index contributed by atoms with van der Waals surface area (Å²) in [4.78, 5) is 46.0. The molecule has 0 saturated carbocycles. The highest BCUT2D eigenvalue weighted by molar-refractivity contribution is 6.14. The van der Waals surface area contributed by atoms with Crippen LogP contribution in [0.5, 0.6) is 0 Å². The first kappa shape index (κ1) is 12.1. The first-order valence-electron chi connectivity index (χ1n) is 6.11. The third-order valence-electron chi connectivity index (χ3n) is 4.05. The second-order valence-electron chi connectivity index (χ2n) is 5.42. The number of ether oxygens (including phenoxy) is 2. The SMILES string of the molecule is CC1=CC(C2CC(=O)OC2=O)CC2(C1)C(=O)OC2=O. The van der Waals surface area contributed by atoms with Gasteiger partial charge in [-0.15, -0.1) is 0 Å². The molecule has 0 aromatic heterocycles. The van der Waals surface area contributed by atoms with Crippen LogP contribution in [0.2, 0.25) is 0 Å². The summed E-state index contributed by atoms with van der Waals surface area (Å²) < 4.78 is 8.98. The van der Waals surface area contributed by atoms with E-state index in [-0.39, 0.29) is 18.8 Å². The normalized spacial score (nSPS) is 32.8. The van der Waals surface area contributed by atoms with Crippen LogP contribution in [0.15, 0.2) is 11.6 Å². The zero-order valence-corrected chi connectivity index (χ0v) is 10.3. The molecule has 0 bridgehead atoms. The minimum absolute atomic E-state index is 0.00655. The Hall–Kier alpha value is -1.98. The summed E-state index contributed by atoms with van der Waals surface area (Å²) in [7, 11) is 0. The summed E-state index contributed by atoms with van der Waals surface area (Å²) in [5.41, 5.74) is -0.288.